The van der Waals surface area contributed by atoms with E-state index in [1.165, 1.54) is 7.11 Å². The summed E-state index contributed by atoms with van der Waals surface area (Å²) in [7, 11) is 1.38. The van der Waals surface area contributed by atoms with Gasteiger partial charge in [0.1, 0.15) is 16.8 Å². The summed E-state index contributed by atoms with van der Waals surface area (Å²) >= 11 is 0. The molecule has 4 heteroatoms. The quantitative estimate of drug-likeness (QED) is 0.778. The number of furan rings is 1. The molecule has 0 aliphatic rings. The lowest BCUT2D eigenvalue weighted by molar-refractivity contribution is 0.0600. The van der Waals surface area contributed by atoms with E-state index in [-0.39, 0.29) is 5.97 Å². The summed E-state index contributed by atoms with van der Waals surface area (Å²) in [5.74, 6) is 0.301. The zero-order valence-electron chi connectivity index (χ0n) is 10.9. The van der Waals surface area contributed by atoms with Gasteiger partial charge in [-0.05, 0) is 25.5 Å². The van der Waals surface area contributed by atoms with Gasteiger partial charge in [-0.15, -0.1) is 0 Å². The molecule has 2 aromatic rings. The Morgan fingerprint density at radius 1 is 1.44 bits per heavy atom. The van der Waals surface area contributed by atoms with E-state index in [0.717, 1.165) is 25.0 Å². The van der Waals surface area contributed by atoms with Gasteiger partial charge in [-0.25, -0.2) is 9.78 Å². The highest BCUT2D eigenvalue weighted by Crippen LogP contribution is 2.26. The fourth-order valence-corrected chi connectivity index (χ4v) is 1.95. The average Bonchev–Trinajstić information content (AvgIpc) is 2.73. The van der Waals surface area contributed by atoms with Gasteiger partial charge in [0.15, 0.2) is 5.58 Å². The van der Waals surface area contributed by atoms with Crippen LogP contribution in [0.2, 0.25) is 0 Å². The van der Waals surface area contributed by atoms with Gasteiger partial charge in [0.25, 0.3) is 0 Å². The average molecular weight is 247 g/mol. The van der Waals surface area contributed by atoms with Crippen LogP contribution in [-0.2, 0) is 11.2 Å². The number of hydrogen-bond donors (Lipinski definition) is 0. The van der Waals surface area contributed by atoms with Crippen LogP contribution in [-0.4, -0.2) is 18.1 Å². The minimum absolute atomic E-state index is 0.377. The van der Waals surface area contributed by atoms with Crippen LogP contribution in [0, 0.1) is 6.92 Å². The fraction of sp³-hybridized carbons (Fsp3) is 0.429. The zero-order valence-corrected chi connectivity index (χ0v) is 10.9. The summed E-state index contributed by atoms with van der Waals surface area (Å²) in [6.45, 7) is 3.99. The number of ether oxygens (including phenoxy) is 1. The summed E-state index contributed by atoms with van der Waals surface area (Å²) in [5, 5.41) is 0. The van der Waals surface area contributed by atoms with E-state index in [1.807, 2.05) is 19.1 Å². The third-order valence-electron chi connectivity index (χ3n) is 2.89. The third kappa shape index (κ3) is 2.23. The van der Waals surface area contributed by atoms with Crippen molar-refractivity contribution in [3.63, 3.8) is 0 Å². The summed E-state index contributed by atoms with van der Waals surface area (Å²) in [6.07, 6.45) is 2.75. The first-order valence-corrected chi connectivity index (χ1v) is 6.14. The molecule has 96 valence electrons. The van der Waals surface area contributed by atoms with E-state index in [1.54, 1.807) is 0 Å². The fourth-order valence-electron chi connectivity index (χ4n) is 1.95. The molecule has 0 amide bonds. The smallest absolute Gasteiger partial charge is 0.343 e. The predicted octanol–water partition coefficient (Wildman–Crippen LogP) is 3.27. The van der Waals surface area contributed by atoms with Crippen molar-refractivity contribution in [3.05, 3.63) is 29.2 Å². The predicted molar refractivity (Wildman–Crippen MR) is 68.7 cm³/mol. The van der Waals surface area contributed by atoms with Crippen LogP contribution in [0.5, 0.6) is 0 Å². The molecule has 0 unspecified atom stereocenters. The number of carbonyl (C=O) groups excluding carboxylic acids is 1. The maximum atomic E-state index is 11.9. The van der Waals surface area contributed by atoms with Crippen LogP contribution in [0.25, 0.3) is 11.1 Å². The first-order chi connectivity index (χ1) is 8.67. The van der Waals surface area contributed by atoms with Crippen molar-refractivity contribution in [1.82, 2.24) is 4.98 Å². The molecule has 2 rings (SSSR count). The van der Waals surface area contributed by atoms with E-state index >= 15 is 0 Å². The Balaban J connectivity index is 2.57. The number of pyridine rings is 1. The van der Waals surface area contributed by atoms with Crippen LogP contribution < -0.4 is 0 Å². The Labute approximate surface area is 106 Å². The number of unbranched alkanes of at least 4 members (excludes halogenated alkanes) is 1. The summed E-state index contributed by atoms with van der Waals surface area (Å²) in [4.78, 5) is 16.2. The molecule has 0 aliphatic carbocycles. The molecule has 0 bridgehead atoms. The number of esters is 1. The van der Waals surface area contributed by atoms with Crippen molar-refractivity contribution in [2.24, 2.45) is 0 Å². The molecular formula is C14H17NO3. The Bertz CT molecular complexity index is 572. The lowest BCUT2D eigenvalue weighted by atomic mass is 10.1. The molecule has 0 radical (unpaired) electrons. The maximum absolute atomic E-state index is 11.9. The standard InChI is InChI=1S/C14H17NO3/c1-4-5-6-10-12(14(16)17-3)13-11(18-10)8-7-9(2)15-13/h7-8H,4-6H2,1-3H3. The number of methoxy groups -OCH3 is 1. The van der Waals surface area contributed by atoms with E-state index in [2.05, 4.69) is 11.9 Å². The molecule has 0 aliphatic heterocycles. The molecule has 2 aromatic heterocycles. The van der Waals surface area contributed by atoms with Gasteiger partial charge >= 0.3 is 5.97 Å². The van der Waals surface area contributed by atoms with Crippen LogP contribution >= 0.6 is 0 Å². The maximum Gasteiger partial charge on any atom is 0.343 e. The highest BCUT2D eigenvalue weighted by Gasteiger charge is 2.22. The summed E-state index contributed by atoms with van der Waals surface area (Å²) in [5.41, 5.74) is 2.58. The van der Waals surface area contributed by atoms with E-state index < -0.39 is 0 Å². The zero-order chi connectivity index (χ0) is 13.1. The van der Waals surface area contributed by atoms with Gasteiger partial charge in [0, 0.05) is 12.1 Å². The van der Waals surface area contributed by atoms with Gasteiger partial charge in [0.05, 0.1) is 7.11 Å². The van der Waals surface area contributed by atoms with Crippen LogP contribution in [0.3, 0.4) is 0 Å². The highest BCUT2D eigenvalue weighted by atomic mass is 16.5. The van der Waals surface area contributed by atoms with E-state index in [9.17, 15) is 4.79 Å². The molecule has 0 atom stereocenters. The Kier molecular flexibility index (Phi) is 3.65. The van der Waals surface area contributed by atoms with Gasteiger partial charge < -0.3 is 9.15 Å². The van der Waals surface area contributed by atoms with Crippen molar-refractivity contribution in [1.29, 1.82) is 0 Å². The van der Waals surface area contributed by atoms with Crippen molar-refractivity contribution in [3.8, 4) is 0 Å². The topological polar surface area (TPSA) is 52.3 Å². The van der Waals surface area contributed by atoms with Crippen molar-refractivity contribution in [2.75, 3.05) is 7.11 Å². The number of fused-ring (bicyclic) bond motifs is 1. The Morgan fingerprint density at radius 3 is 2.89 bits per heavy atom. The van der Waals surface area contributed by atoms with Gasteiger partial charge in [-0.1, -0.05) is 13.3 Å². The summed E-state index contributed by atoms with van der Waals surface area (Å²) in [6, 6.07) is 3.72. The first kappa shape index (κ1) is 12.6. The number of aromatic nitrogens is 1. The highest BCUT2D eigenvalue weighted by molar-refractivity contribution is 6.02. The van der Waals surface area contributed by atoms with Gasteiger partial charge in [-0.3, -0.25) is 0 Å². The van der Waals surface area contributed by atoms with Gasteiger partial charge in [-0.2, -0.15) is 0 Å². The van der Waals surface area contributed by atoms with Crippen molar-refractivity contribution in [2.45, 2.75) is 33.1 Å². The second-order valence-electron chi connectivity index (χ2n) is 4.29. The second-order valence-corrected chi connectivity index (χ2v) is 4.29. The van der Waals surface area contributed by atoms with Gasteiger partial charge in [0.2, 0.25) is 0 Å². The van der Waals surface area contributed by atoms with Crippen LogP contribution in [0.15, 0.2) is 16.5 Å². The molecule has 18 heavy (non-hydrogen) atoms. The summed E-state index contributed by atoms with van der Waals surface area (Å²) < 4.78 is 10.5. The number of aryl methyl sites for hydroxylation is 2. The SMILES string of the molecule is CCCCc1oc2ccc(C)nc2c1C(=O)OC. The minimum atomic E-state index is -0.377. The van der Waals surface area contributed by atoms with Crippen LogP contribution in [0.4, 0.5) is 0 Å². The Hall–Kier alpha value is -1.84. The molecule has 0 saturated heterocycles. The molecule has 0 N–H and O–H groups in total. The molecule has 0 saturated carbocycles. The largest absolute Gasteiger partial charge is 0.465 e. The van der Waals surface area contributed by atoms with Crippen molar-refractivity contribution < 1.29 is 13.9 Å². The molecule has 0 fully saturated rings. The lowest BCUT2D eigenvalue weighted by Gasteiger charge is -2.00. The number of rotatable bonds is 4. The molecular weight excluding hydrogens is 230 g/mol. The number of carbonyl (C=O) groups is 1. The third-order valence-corrected chi connectivity index (χ3v) is 2.89. The van der Waals surface area contributed by atoms with Crippen molar-refractivity contribution >= 4 is 17.1 Å². The normalized spacial score (nSPS) is 10.8. The van der Waals surface area contributed by atoms with Crippen LogP contribution in [0.1, 0.15) is 41.6 Å². The minimum Gasteiger partial charge on any atom is -0.465 e. The molecule has 4 nitrogen and oxygen atoms in total. The lowest BCUT2D eigenvalue weighted by Crippen LogP contribution is -2.04. The van der Waals surface area contributed by atoms with E-state index in [4.69, 9.17) is 9.15 Å². The Morgan fingerprint density at radius 2 is 2.22 bits per heavy atom. The van der Waals surface area contributed by atoms with E-state index in [0.29, 0.717) is 22.4 Å². The molecule has 0 spiro atoms. The molecule has 2 heterocycles. The molecule has 0 aromatic carbocycles. The number of hydrogen-bond acceptors (Lipinski definition) is 4. The second kappa shape index (κ2) is 5.21. The number of nitrogens with zero attached hydrogens (tertiary/aromatic N) is 1. The monoisotopic (exact) mass is 247 g/mol. The first-order valence-electron chi connectivity index (χ1n) is 6.14.